The lowest BCUT2D eigenvalue weighted by Gasteiger charge is -2.13. The fraction of sp³-hybridized carbons (Fsp3) is 0.250. The second-order valence-electron chi connectivity index (χ2n) is 5.04. The highest BCUT2D eigenvalue weighted by molar-refractivity contribution is 7.90. The normalized spacial score (nSPS) is 11.4. The molecule has 5 heteroatoms. The third kappa shape index (κ3) is 3.19. The van der Waals surface area contributed by atoms with Crippen molar-refractivity contribution >= 4 is 15.5 Å². The Balaban J connectivity index is 2.49. The van der Waals surface area contributed by atoms with Gasteiger partial charge in [-0.2, -0.15) is 0 Å². The third-order valence-corrected chi connectivity index (χ3v) is 5.18. The lowest BCUT2D eigenvalue weighted by Crippen LogP contribution is -2.09. The maximum absolute atomic E-state index is 12.7. The smallest absolute Gasteiger partial charge is 0.186 e. The van der Waals surface area contributed by atoms with Gasteiger partial charge in [-0.1, -0.05) is 18.2 Å². The summed E-state index contributed by atoms with van der Waals surface area (Å²) in [4.78, 5) is 0.168. The van der Waals surface area contributed by atoms with E-state index < -0.39 is 9.84 Å². The van der Waals surface area contributed by atoms with E-state index in [0.29, 0.717) is 5.69 Å². The summed E-state index contributed by atoms with van der Waals surface area (Å²) < 4.78 is 30.5. The van der Waals surface area contributed by atoms with Crippen LogP contribution in [0.3, 0.4) is 0 Å². The van der Waals surface area contributed by atoms with Crippen molar-refractivity contribution in [1.29, 1.82) is 0 Å². The van der Waals surface area contributed by atoms with Crippen LogP contribution in [0.25, 0.3) is 0 Å². The van der Waals surface area contributed by atoms with Gasteiger partial charge in [0.05, 0.1) is 12.9 Å². The van der Waals surface area contributed by atoms with Gasteiger partial charge in [0.25, 0.3) is 0 Å². The van der Waals surface area contributed by atoms with Gasteiger partial charge in [-0.3, -0.25) is 0 Å². The van der Waals surface area contributed by atoms with Crippen molar-refractivity contribution in [1.82, 2.24) is 0 Å². The maximum Gasteiger partial charge on any atom is 0.186 e. The number of aryl methyl sites for hydroxylation is 2. The number of sulfone groups is 1. The minimum atomic E-state index is -3.50. The Labute approximate surface area is 125 Å². The van der Waals surface area contributed by atoms with Crippen molar-refractivity contribution in [3.63, 3.8) is 0 Å². The maximum atomic E-state index is 12.7. The van der Waals surface area contributed by atoms with E-state index >= 15 is 0 Å². The number of benzene rings is 2. The minimum absolute atomic E-state index is 0.0498. The Bertz CT molecular complexity index is 747. The molecular formula is C16H19NO3S. The summed E-state index contributed by atoms with van der Waals surface area (Å²) in [6.07, 6.45) is 0. The van der Waals surface area contributed by atoms with Crippen LogP contribution < -0.4 is 10.5 Å². The quantitative estimate of drug-likeness (QED) is 0.882. The predicted octanol–water partition coefficient (Wildman–Crippen LogP) is 2.87. The van der Waals surface area contributed by atoms with Crippen molar-refractivity contribution < 1.29 is 13.2 Å². The molecule has 4 nitrogen and oxygen atoms in total. The highest BCUT2D eigenvalue weighted by Gasteiger charge is 2.22. The molecule has 0 radical (unpaired) electrons. The first-order chi connectivity index (χ1) is 9.85. The van der Waals surface area contributed by atoms with Crippen molar-refractivity contribution in [2.75, 3.05) is 12.8 Å². The van der Waals surface area contributed by atoms with Gasteiger partial charge in [0, 0.05) is 11.8 Å². The second kappa shape index (κ2) is 5.77. The van der Waals surface area contributed by atoms with Gasteiger partial charge in [-0.05, 0) is 42.7 Å². The highest BCUT2D eigenvalue weighted by atomic mass is 32.2. The molecule has 0 fully saturated rings. The summed E-state index contributed by atoms with van der Waals surface area (Å²) in [5.74, 6) is 0.229. The van der Waals surface area contributed by atoms with Gasteiger partial charge < -0.3 is 10.5 Å². The van der Waals surface area contributed by atoms with E-state index in [-0.39, 0.29) is 16.4 Å². The van der Waals surface area contributed by atoms with E-state index in [1.165, 1.54) is 19.2 Å². The van der Waals surface area contributed by atoms with Crippen LogP contribution in [-0.2, 0) is 15.6 Å². The number of hydrogen-bond acceptors (Lipinski definition) is 4. The SMILES string of the molecule is COc1cc(N)ccc1S(=O)(=O)Cc1c(C)cccc1C. The number of hydrogen-bond donors (Lipinski definition) is 1. The van der Waals surface area contributed by atoms with Gasteiger partial charge in [-0.15, -0.1) is 0 Å². The molecule has 0 amide bonds. The number of nitrogens with two attached hydrogens (primary N) is 1. The molecule has 2 rings (SSSR count). The first-order valence-corrected chi connectivity index (χ1v) is 8.22. The van der Waals surface area contributed by atoms with Crippen LogP contribution in [0, 0.1) is 13.8 Å². The zero-order chi connectivity index (χ0) is 15.6. The van der Waals surface area contributed by atoms with Crippen LogP contribution in [0.4, 0.5) is 5.69 Å². The zero-order valence-corrected chi connectivity index (χ0v) is 13.2. The molecule has 0 heterocycles. The summed E-state index contributed by atoms with van der Waals surface area (Å²) in [6.45, 7) is 3.83. The van der Waals surface area contributed by atoms with Gasteiger partial charge in [0.15, 0.2) is 9.84 Å². The van der Waals surface area contributed by atoms with E-state index in [9.17, 15) is 8.42 Å². The molecule has 2 aromatic carbocycles. The first-order valence-electron chi connectivity index (χ1n) is 6.56. The molecule has 0 bridgehead atoms. The molecule has 0 unspecified atom stereocenters. The van der Waals surface area contributed by atoms with E-state index in [1.807, 2.05) is 32.0 Å². The molecule has 21 heavy (non-hydrogen) atoms. The van der Waals surface area contributed by atoms with Gasteiger partial charge in [-0.25, -0.2) is 8.42 Å². The van der Waals surface area contributed by atoms with Crippen molar-refractivity contribution in [3.8, 4) is 5.75 Å². The molecule has 0 aliphatic rings. The number of ether oxygens (including phenoxy) is 1. The Morgan fingerprint density at radius 3 is 2.29 bits per heavy atom. The zero-order valence-electron chi connectivity index (χ0n) is 12.4. The molecule has 0 aliphatic heterocycles. The summed E-state index contributed by atoms with van der Waals surface area (Å²) in [5, 5.41) is 0. The van der Waals surface area contributed by atoms with Crippen LogP contribution in [0.1, 0.15) is 16.7 Å². The number of anilines is 1. The molecule has 0 atom stereocenters. The van der Waals surface area contributed by atoms with E-state index in [1.54, 1.807) is 6.07 Å². The van der Waals surface area contributed by atoms with E-state index in [2.05, 4.69) is 0 Å². The average molecular weight is 305 g/mol. The largest absolute Gasteiger partial charge is 0.495 e. The standard InChI is InChI=1S/C16H19NO3S/c1-11-5-4-6-12(2)14(11)10-21(18,19)16-8-7-13(17)9-15(16)20-3/h4-9H,10,17H2,1-3H3. The van der Waals surface area contributed by atoms with Crippen LogP contribution in [-0.4, -0.2) is 15.5 Å². The molecule has 0 spiro atoms. The number of methoxy groups -OCH3 is 1. The van der Waals surface area contributed by atoms with Gasteiger partial charge in [0.2, 0.25) is 0 Å². The fourth-order valence-electron chi connectivity index (χ4n) is 2.29. The molecule has 0 saturated heterocycles. The average Bonchev–Trinajstić information content (AvgIpc) is 2.42. The van der Waals surface area contributed by atoms with Gasteiger partial charge in [0.1, 0.15) is 10.6 Å². The molecule has 0 saturated carbocycles. The first kappa shape index (κ1) is 15.4. The summed E-state index contributed by atoms with van der Waals surface area (Å²) in [7, 11) is -2.06. The highest BCUT2D eigenvalue weighted by Crippen LogP contribution is 2.30. The van der Waals surface area contributed by atoms with Crippen molar-refractivity contribution in [2.24, 2.45) is 0 Å². The fourth-order valence-corrected chi connectivity index (χ4v) is 4.00. The Morgan fingerprint density at radius 2 is 1.71 bits per heavy atom. The molecule has 2 N–H and O–H groups in total. The lowest BCUT2D eigenvalue weighted by molar-refractivity contribution is 0.403. The van der Waals surface area contributed by atoms with Crippen LogP contribution >= 0.6 is 0 Å². The van der Waals surface area contributed by atoms with E-state index in [0.717, 1.165) is 16.7 Å². The Hall–Kier alpha value is -2.01. The molecule has 2 aromatic rings. The second-order valence-corrected chi connectivity index (χ2v) is 7.00. The van der Waals surface area contributed by atoms with Crippen molar-refractivity contribution in [2.45, 2.75) is 24.5 Å². The minimum Gasteiger partial charge on any atom is -0.495 e. The summed E-state index contributed by atoms with van der Waals surface area (Å²) >= 11 is 0. The molecule has 112 valence electrons. The summed E-state index contributed by atoms with van der Waals surface area (Å²) in [6, 6.07) is 10.3. The molecular weight excluding hydrogens is 286 g/mol. The molecule has 0 aliphatic carbocycles. The monoisotopic (exact) mass is 305 g/mol. The van der Waals surface area contributed by atoms with Crippen LogP contribution in [0.15, 0.2) is 41.3 Å². The van der Waals surface area contributed by atoms with Crippen molar-refractivity contribution in [3.05, 3.63) is 53.1 Å². The summed E-state index contributed by atoms with van der Waals surface area (Å²) in [5.41, 5.74) is 8.90. The lowest BCUT2D eigenvalue weighted by atomic mass is 10.1. The Kier molecular flexibility index (Phi) is 4.23. The number of rotatable bonds is 4. The van der Waals surface area contributed by atoms with E-state index in [4.69, 9.17) is 10.5 Å². The van der Waals surface area contributed by atoms with Gasteiger partial charge >= 0.3 is 0 Å². The van der Waals surface area contributed by atoms with Crippen LogP contribution in [0.5, 0.6) is 5.75 Å². The topological polar surface area (TPSA) is 69.4 Å². The third-order valence-electron chi connectivity index (χ3n) is 3.50. The predicted molar refractivity (Wildman–Crippen MR) is 84.2 cm³/mol. The number of nitrogen functional groups attached to an aromatic ring is 1. The van der Waals surface area contributed by atoms with Crippen LogP contribution in [0.2, 0.25) is 0 Å². The molecule has 0 aromatic heterocycles. The Morgan fingerprint density at radius 1 is 1.10 bits per heavy atom.